The fourth-order valence-corrected chi connectivity index (χ4v) is 1.28. The number of rotatable bonds is 3. The third-order valence-electron chi connectivity index (χ3n) is 2.07. The quantitative estimate of drug-likeness (QED) is 0.450. The van der Waals surface area contributed by atoms with Crippen LogP contribution in [0.25, 0.3) is 0 Å². The number of carbonyl (C=O) groups is 1. The zero-order valence-electron chi connectivity index (χ0n) is 8.74. The van der Waals surface area contributed by atoms with Crippen molar-refractivity contribution in [2.24, 2.45) is 5.10 Å². The molecule has 8 nitrogen and oxygen atoms in total. The number of nitro groups is 1. The van der Waals surface area contributed by atoms with Crippen LogP contribution in [0.5, 0.6) is 0 Å². The first-order chi connectivity index (χ1) is 8.16. The maximum absolute atomic E-state index is 11.2. The monoisotopic (exact) mass is 239 g/mol. The van der Waals surface area contributed by atoms with Gasteiger partial charge in [-0.05, 0) is 6.07 Å². The van der Waals surface area contributed by atoms with E-state index in [0.717, 1.165) is 5.01 Å². The van der Waals surface area contributed by atoms with Crippen LogP contribution in [-0.2, 0) is 4.74 Å². The van der Waals surface area contributed by atoms with Gasteiger partial charge in [0.1, 0.15) is 4.92 Å². The average molecular weight is 239 g/mol. The van der Waals surface area contributed by atoms with Crippen molar-refractivity contribution in [3.63, 3.8) is 0 Å². The first-order valence-electron chi connectivity index (χ1n) is 4.89. The third-order valence-corrected chi connectivity index (χ3v) is 2.07. The van der Waals surface area contributed by atoms with E-state index in [0.29, 0.717) is 19.6 Å². The van der Waals surface area contributed by atoms with Crippen LogP contribution in [-0.4, -0.2) is 35.4 Å². The van der Waals surface area contributed by atoms with Gasteiger partial charge in [-0.25, -0.2) is 4.79 Å². The van der Waals surface area contributed by atoms with Gasteiger partial charge in [0.2, 0.25) is 0 Å². The molecule has 1 aromatic rings. The molecule has 1 saturated heterocycles. The molecular weight excluding hydrogens is 230 g/mol. The predicted molar refractivity (Wildman–Crippen MR) is 55.6 cm³/mol. The second-order valence-electron chi connectivity index (χ2n) is 3.27. The van der Waals surface area contributed by atoms with Crippen molar-refractivity contribution >= 4 is 18.2 Å². The van der Waals surface area contributed by atoms with Gasteiger partial charge in [0.05, 0.1) is 25.4 Å². The average Bonchev–Trinajstić information content (AvgIpc) is 2.77. The lowest BCUT2D eigenvalue weighted by molar-refractivity contribution is -0.402. The summed E-state index contributed by atoms with van der Waals surface area (Å²) in [6.45, 7) is 0.842. The Hall–Kier alpha value is -2.38. The lowest BCUT2D eigenvalue weighted by Crippen LogP contribution is -2.33. The summed E-state index contributed by atoms with van der Waals surface area (Å²) >= 11 is 0. The van der Waals surface area contributed by atoms with E-state index in [1.54, 1.807) is 0 Å². The Kier molecular flexibility index (Phi) is 3.03. The Morgan fingerprint density at radius 2 is 2.35 bits per heavy atom. The molecule has 0 bridgehead atoms. The molecule has 0 N–H and O–H groups in total. The highest BCUT2D eigenvalue weighted by Gasteiger charge is 2.18. The van der Waals surface area contributed by atoms with E-state index in [4.69, 9.17) is 9.15 Å². The number of carbonyl (C=O) groups excluding carboxylic acids is 1. The van der Waals surface area contributed by atoms with E-state index in [9.17, 15) is 14.9 Å². The summed E-state index contributed by atoms with van der Waals surface area (Å²) < 4.78 is 9.60. The maximum Gasteiger partial charge on any atom is 0.433 e. The van der Waals surface area contributed by atoms with E-state index < -0.39 is 11.0 Å². The largest absolute Gasteiger partial charge is 0.448 e. The van der Waals surface area contributed by atoms with Crippen molar-refractivity contribution in [1.82, 2.24) is 5.01 Å². The lowest BCUT2D eigenvalue weighted by Gasteiger charge is -2.20. The number of hydrogen-bond acceptors (Lipinski definition) is 6. The topological polar surface area (TPSA) is 98.2 Å². The van der Waals surface area contributed by atoms with Gasteiger partial charge in [-0.15, -0.1) is 0 Å². The van der Waals surface area contributed by atoms with Gasteiger partial charge in [-0.3, -0.25) is 10.1 Å². The molecule has 0 radical (unpaired) electrons. The summed E-state index contributed by atoms with van der Waals surface area (Å²) in [6.07, 6.45) is 1.40. The highest BCUT2D eigenvalue weighted by molar-refractivity contribution is 5.78. The Morgan fingerprint density at radius 3 is 3.00 bits per heavy atom. The van der Waals surface area contributed by atoms with Crippen LogP contribution >= 0.6 is 0 Å². The van der Waals surface area contributed by atoms with Crippen molar-refractivity contribution in [2.75, 3.05) is 13.2 Å². The van der Waals surface area contributed by atoms with Crippen LogP contribution in [0.2, 0.25) is 0 Å². The Labute approximate surface area is 95.6 Å². The number of hydrazone groups is 1. The molecular formula is C9H9N3O5. The minimum Gasteiger partial charge on any atom is -0.448 e. The zero-order valence-corrected chi connectivity index (χ0v) is 8.74. The van der Waals surface area contributed by atoms with Crippen molar-refractivity contribution in [1.29, 1.82) is 0 Å². The van der Waals surface area contributed by atoms with Gasteiger partial charge in [0.25, 0.3) is 0 Å². The predicted octanol–water partition coefficient (Wildman–Crippen LogP) is 1.36. The van der Waals surface area contributed by atoms with E-state index in [1.807, 2.05) is 0 Å². The molecule has 90 valence electrons. The molecule has 8 heteroatoms. The van der Waals surface area contributed by atoms with Crippen LogP contribution in [0.4, 0.5) is 10.7 Å². The molecule has 1 amide bonds. The normalized spacial score (nSPS) is 16.2. The van der Waals surface area contributed by atoms with Crippen molar-refractivity contribution in [2.45, 2.75) is 6.42 Å². The van der Waals surface area contributed by atoms with Crippen LogP contribution in [0, 0.1) is 10.1 Å². The summed E-state index contributed by atoms with van der Waals surface area (Å²) in [7, 11) is 0. The van der Waals surface area contributed by atoms with Crippen molar-refractivity contribution in [3.8, 4) is 0 Å². The molecule has 2 rings (SSSR count). The fraction of sp³-hybridized carbons (Fsp3) is 0.333. The SMILES string of the molecule is O=C1OCCCN1N=Cc1ccc([N+](=O)[O-])o1. The second-order valence-corrected chi connectivity index (χ2v) is 3.27. The van der Waals surface area contributed by atoms with E-state index >= 15 is 0 Å². The Bertz CT molecular complexity index is 467. The minimum absolute atomic E-state index is 0.204. The molecule has 0 aliphatic carbocycles. The first-order valence-corrected chi connectivity index (χ1v) is 4.89. The summed E-state index contributed by atoms with van der Waals surface area (Å²) in [5.74, 6) is -0.164. The summed E-state index contributed by atoms with van der Waals surface area (Å²) in [4.78, 5) is 20.9. The molecule has 1 fully saturated rings. The highest BCUT2D eigenvalue weighted by atomic mass is 16.6. The molecule has 0 spiro atoms. The maximum atomic E-state index is 11.2. The van der Waals surface area contributed by atoms with Crippen LogP contribution in [0.15, 0.2) is 21.7 Å². The molecule has 1 aromatic heterocycles. The minimum atomic E-state index is -0.646. The van der Waals surface area contributed by atoms with Gasteiger partial charge >= 0.3 is 12.0 Å². The Balaban J connectivity index is 2.03. The molecule has 0 unspecified atom stereocenters. The number of nitrogens with zero attached hydrogens (tertiary/aromatic N) is 3. The fourth-order valence-electron chi connectivity index (χ4n) is 1.28. The molecule has 0 atom stereocenters. The summed E-state index contributed by atoms with van der Waals surface area (Å²) in [5, 5.41) is 15.3. The van der Waals surface area contributed by atoms with Gasteiger partial charge in [-0.2, -0.15) is 10.1 Å². The third kappa shape index (κ3) is 2.60. The van der Waals surface area contributed by atoms with Crippen LogP contribution in [0.1, 0.15) is 12.2 Å². The van der Waals surface area contributed by atoms with E-state index in [-0.39, 0.29) is 11.6 Å². The number of cyclic esters (lactones) is 1. The van der Waals surface area contributed by atoms with Gasteiger partial charge < -0.3 is 9.15 Å². The summed E-state index contributed by atoms with van der Waals surface area (Å²) in [6, 6.07) is 2.62. The number of ether oxygens (including phenoxy) is 1. The first kappa shape index (κ1) is 11.1. The standard InChI is InChI=1S/C9H9N3O5/c13-9-11(4-1-5-16-9)10-6-7-2-3-8(17-7)12(14)15/h2-3,6H,1,4-5H2. The van der Waals surface area contributed by atoms with Gasteiger partial charge in [0.15, 0.2) is 5.76 Å². The molecule has 1 aliphatic heterocycles. The van der Waals surface area contributed by atoms with E-state index in [1.165, 1.54) is 18.3 Å². The smallest absolute Gasteiger partial charge is 0.433 e. The molecule has 1 aliphatic rings. The second kappa shape index (κ2) is 4.64. The number of furan rings is 1. The zero-order chi connectivity index (χ0) is 12.3. The molecule has 0 saturated carbocycles. The van der Waals surface area contributed by atoms with Crippen LogP contribution < -0.4 is 0 Å². The molecule has 0 aromatic carbocycles. The van der Waals surface area contributed by atoms with Crippen molar-refractivity contribution in [3.05, 3.63) is 28.0 Å². The van der Waals surface area contributed by atoms with Crippen molar-refractivity contribution < 1.29 is 18.9 Å². The summed E-state index contributed by atoms with van der Waals surface area (Å²) in [5.41, 5.74) is 0. The number of amides is 1. The number of hydrogen-bond donors (Lipinski definition) is 0. The lowest BCUT2D eigenvalue weighted by atomic mass is 10.4. The van der Waals surface area contributed by atoms with Gasteiger partial charge in [-0.1, -0.05) is 0 Å². The molecule has 17 heavy (non-hydrogen) atoms. The van der Waals surface area contributed by atoms with E-state index in [2.05, 4.69) is 5.10 Å². The highest BCUT2D eigenvalue weighted by Crippen LogP contribution is 2.14. The Morgan fingerprint density at radius 1 is 1.53 bits per heavy atom. The van der Waals surface area contributed by atoms with Crippen LogP contribution in [0.3, 0.4) is 0 Å². The van der Waals surface area contributed by atoms with Gasteiger partial charge in [0, 0.05) is 6.42 Å². The molecule has 2 heterocycles.